The van der Waals surface area contributed by atoms with Crippen molar-refractivity contribution in [1.29, 1.82) is 0 Å². The Morgan fingerprint density at radius 1 is 0.909 bits per heavy atom. The van der Waals surface area contributed by atoms with Crippen LogP contribution in [0.3, 0.4) is 0 Å². The van der Waals surface area contributed by atoms with Crippen molar-refractivity contribution in [3.05, 3.63) is 47.5 Å². The molecular formula is C17H20N2O2S. The SMILES string of the molecule is COc1ccc(NC(=S)Nc2ccc(C)c(C)c2)c(OC)c1. The molecule has 0 aromatic heterocycles. The van der Waals surface area contributed by atoms with E-state index in [4.69, 9.17) is 21.7 Å². The minimum Gasteiger partial charge on any atom is -0.497 e. The molecule has 0 fully saturated rings. The summed E-state index contributed by atoms with van der Waals surface area (Å²) in [5, 5.41) is 6.81. The van der Waals surface area contributed by atoms with Gasteiger partial charge in [-0.3, -0.25) is 0 Å². The number of hydrogen-bond donors (Lipinski definition) is 2. The maximum absolute atomic E-state index is 5.35. The van der Waals surface area contributed by atoms with E-state index in [9.17, 15) is 0 Å². The molecule has 2 N–H and O–H groups in total. The van der Waals surface area contributed by atoms with Crippen LogP contribution in [0.1, 0.15) is 11.1 Å². The summed E-state index contributed by atoms with van der Waals surface area (Å²) in [6.45, 7) is 4.15. The van der Waals surface area contributed by atoms with Crippen LogP contribution in [-0.2, 0) is 0 Å². The van der Waals surface area contributed by atoms with E-state index in [-0.39, 0.29) is 0 Å². The number of benzene rings is 2. The lowest BCUT2D eigenvalue weighted by atomic mass is 10.1. The highest BCUT2D eigenvalue weighted by atomic mass is 32.1. The lowest BCUT2D eigenvalue weighted by Crippen LogP contribution is -2.19. The smallest absolute Gasteiger partial charge is 0.175 e. The van der Waals surface area contributed by atoms with Gasteiger partial charge in [-0.2, -0.15) is 0 Å². The molecule has 0 aliphatic rings. The van der Waals surface area contributed by atoms with E-state index in [2.05, 4.69) is 36.6 Å². The van der Waals surface area contributed by atoms with E-state index >= 15 is 0 Å². The lowest BCUT2D eigenvalue weighted by Gasteiger charge is -2.15. The predicted molar refractivity (Wildman–Crippen MR) is 95.3 cm³/mol. The third kappa shape index (κ3) is 3.89. The predicted octanol–water partition coefficient (Wildman–Crippen LogP) is 4.13. The topological polar surface area (TPSA) is 42.5 Å². The van der Waals surface area contributed by atoms with E-state index in [0.717, 1.165) is 17.1 Å². The molecule has 0 bridgehead atoms. The molecule has 2 aromatic carbocycles. The fourth-order valence-electron chi connectivity index (χ4n) is 2.01. The van der Waals surface area contributed by atoms with Gasteiger partial charge in [0.1, 0.15) is 11.5 Å². The summed E-state index contributed by atoms with van der Waals surface area (Å²) in [4.78, 5) is 0. The van der Waals surface area contributed by atoms with Gasteiger partial charge in [0, 0.05) is 11.8 Å². The van der Waals surface area contributed by atoms with Gasteiger partial charge in [-0.15, -0.1) is 0 Å². The minimum atomic E-state index is 0.506. The second-order valence-corrected chi connectivity index (χ2v) is 5.35. The molecule has 0 radical (unpaired) electrons. The first-order valence-electron chi connectivity index (χ1n) is 6.90. The molecule has 2 aromatic rings. The summed E-state index contributed by atoms with van der Waals surface area (Å²) in [5.74, 6) is 1.40. The number of methoxy groups -OCH3 is 2. The van der Waals surface area contributed by atoms with Gasteiger partial charge in [-0.25, -0.2) is 0 Å². The highest BCUT2D eigenvalue weighted by molar-refractivity contribution is 7.80. The molecule has 0 spiro atoms. The van der Waals surface area contributed by atoms with Gasteiger partial charge in [-0.1, -0.05) is 6.07 Å². The van der Waals surface area contributed by atoms with Gasteiger partial charge in [0.15, 0.2) is 5.11 Å². The van der Waals surface area contributed by atoms with Crippen LogP contribution in [0.25, 0.3) is 0 Å². The zero-order valence-electron chi connectivity index (χ0n) is 13.2. The Morgan fingerprint density at radius 2 is 1.68 bits per heavy atom. The maximum Gasteiger partial charge on any atom is 0.175 e. The van der Waals surface area contributed by atoms with E-state index in [1.807, 2.05) is 18.2 Å². The molecule has 22 heavy (non-hydrogen) atoms. The summed E-state index contributed by atoms with van der Waals surface area (Å²) >= 11 is 5.35. The molecule has 0 aliphatic heterocycles. The van der Waals surface area contributed by atoms with E-state index in [0.29, 0.717) is 10.9 Å². The maximum atomic E-state index is 5.35. The van der Waals surface area contributed by atoms with Crippen LogP contribution >= 0.6 is 12.2 Å². The van der Waals surface area contributed by atoms with Crippen LogP contribution < -0.4 is 20.1 Å². The van der Waals surface area contributed by atoms with Crippen LogP contribution in [0.4, 0.5) is 11.4 Å². The summed E-state index contributed by atoms with van der Waals surface area (Å²) in [6.07, 6.45) is 0. The molecule has 0 saturated carbocycles. The average molecular weight is 316 g/mol. The van der Waals surface area contributed by atoms with Crippen molar-refractivity contribution < 1.29 is 9.47 Å². The normalized spacial score (nSPS) is 10.0. The Balaban J connectivity index is 2.10. The molecule has 4 nitrogen and oxygen atoms in total. The largest absolute Gasteiger partial charge is 0.497 e. The highest BCUT2D eigenvalue weighted by Crippen LogP contribution is 2.29. The van der Waals surface area contributed by atoms with Crippen molar-refractivity contribution >= 4 is 28.7 Å². The van der Waals surface area contributed by atoms with Crippen molar-refractivity contribution in [2.45, 2.75) is 13.8 Å². The summed E-state index contributed by atoms with van der Waals surface area (Å²) in [6, 6.07) is 11.7. The third-order valence-corrected chi connectivity index (χ3v) is 3.63. The van der Waals surface area contributed by atoms with Gasteiger partial charge in [0.2, 0.25) is 0 Å². The zero-order valence-corrected chi connectivity index (χ0v) is 14.0. The van der Waals surface area contributed by atoms with E-state index < -0.39 is 0 Å². The number of anilines is 2. The molecule has 0 saturated heterocycles. The Morgan fingerprint density at radius 3 is 2.32 bits per heavy atom. The zero-order chi connectivity index (χ0) is 16.1. The first-order valence-corrected chi connectivity index (χ1v) is 7.31. The van der Waals surface area contributed by atoms with Crippen LogP contribution in [0, 0.1) is 13.8 Å². The molecule has 2 rings (SSSR count). The van der Waals surface area contributed by atoms with Crippen molar-refractivity contribution in [3.63, 3.8) is 0 Å². The van der Waals surface area contributed by atoms with Gasteiger partial charge >= 0.3 is 0 Å². The Bertz CT molecular complexity index is 686. The van der Waals surface area contributed by atoms with Crippen molar-refractivity contribution in [1.82, 2.24) is 0 Å². The quantitative estimate of drug-likeness (QED) is 0.830. The Labute approximate surface area is 136 Å². The Kier molecular flexibility index (Phi) is 5.22. The van der Waals surface area contributed by atoms with Crippen molar-refractivity contribution in [2.75, 3.05) is 24.9 Å². The fraction of sp³-hybridized carbons (Fsp3) is 0.235. The molecular weight excluding hydrogens is 296 g/mol. The second-order valence-electron chi connectivity index (χ2n) is 4.94. The third-order valence-electron chi connectivity index (χ3n) is 3.42. The first kappa shape index (κ1) is 16.1. The molecule has 0 unspecified atom stereocenters. The number of aryl methyl sites for hydroxylation is 2. The van der Waals surface area contributed by atoms with Crippen LogP contribution in [0.2, 0.25) is 0 Å². The highest BCUT2D eigenvalue weighted by Gasteiger charge is 2.07. The van der Waals surface area contributed by atoms with E-state index in [1.165, 1.54) is 11.1 Å². The summed E-state index contributed by atoms with van der Waals surface area (Å²) in [7, 11) is 3.23. The van der Waals surface area contributed by atoms with Gasteiger partial charge in [0.05, 0.1) is 19.9 Å². The number of rotatable bonds is 4. The Hall–Kier alpha value is -2.27. The molecule has 116 valence electrons. The molecule has 0 atom stereocenters. The number of thiocarbonyl (C=S) groups is 1. The molecule has 0 amide bonds. The lowest BCUT2D eigenvalue weighted by molar-refractivity contribution is 0.395. The number of hydrogen-bond acceptors (Lipinski definition) is 3. The van der Waals surface area contributed by atoms with Gasteiger partial charge < -0.3 is 20.1 Å². The number of nitrogens with one attached hydrogen (secondary N) is 2. The van der Waals surface area contributed by atoms with Crippen LogP contribution in [0.15, 0.2) is 36.4 Å². The minimum absolute atomic E-state index is 0.506. The van der Waals surface area contributed by atoms with Crippen molar-refractivity contribution in [3.8, 4) is 11.5 Å². The summed E-state index contributed by atoms with van der Waals surface area (Å²) < 4.78 is 10.5. The first-order chi connectivity index (χ1) is 10.5. The fourth-order valence-corrected chi connectivity index (χ4v) is 2.23. The molecule has 0 heterocycles. The standard InChI is InChI=1S/C17H20N2O2S/c1-11-5-6-13(9-12(11)2)18-17(22)19-15-8-7-14(20-3)10-16(15)21-4/h5-10H,1-4H3,(H2,18,19,22). The number of ether oxygens (including phenoxy) is 2. The van der Waals surface area contributed by atoms with E-state index in [1.54, 1.807) is 20.3 Å². The van der Waals surface area contributed by atoms with Crippen LogP contribution in [-0.4, -0.2) is 19.3 Å². The monoisotopic (exact) mass is 316 g/mol. The average Bonchev–Trinajstić information content (AvgIpc) is 2.51. The van der Waals surface area contributed by atoms with Gasteiger partial charge in [0.25, 0.3) is 0 Å². The molecule has 0 aliphatic carbocycles. The van der Waals surface area contributed by atoms with Crippen molar-refractivity contribution in [2.24, 2.45) is 0 Å². The van der Waals surface area contributed by atoms with Gasteiger partial charge in [-0.05, 0) is 61.5 Å². The second kappa shape index (κ2) is 7.13. The summed E-state index contributed by atoms with van der Waals surface area (Å²) in [5.41, 5.74) is 4.20. The van der Waals surface area contributed by atoms with Crippen LogP contribution in [0.5, 0.6) is 11.5 Å². The molecule has 5 heteroatoms.